The molecule has 0 bridgehead atoms. The molecule has 34 heavy (non-hydrogen) atoms. The molecule has 174 valence electrons. The van der Waals surface area contributed by atoms with E-state index in [4.69, 9.17) is 9.47 Å². The van der Waals surface area contributed by atoms with Gasteiger partial charge in [-0.05, 0) is 58.2 Å². The zero-order chi connectivity index (χ0) is 24.2. The number of aliphatic hydroxyl groups excluding tert-OH is 1. The van der Waals surface area contributed by atoms with Crippen LogP contribution < -0.4 is 14.4 Å². The number of rotatable bonds is 7. The number of carbonyl (C=O) groups excluding carboxylic acids is 2. The lowest BCUT2D eigenvalue weighted by Crippen LogP contribution is -2.29. The largest absolute Gasteiger partial charge is 0.507 e. The lowest BCUT2D eigenvalue weighted by Gasteiger charge is -2.26. The summed E-state index contributed by atoms with van der Waals surface area (Å²) in [5.74, 6) is -0.530. The van der Waals surface area contributed by atoms with Gasteiger partial charge in [-0.25, -0.2) is 0 Å². The summed E-state index contributed by atoms with van der Waals surface area (Å²) in [7, 11) is 1.54. The fraction of sp³-hybridized carbons (Fsp3) is 0.185. The van der Waals surface area contributed by atoms with Gasteiger partial charge in [0.15, 0.2) is 0 Å². The Balaban J connectivity index is 1.88. The number of halogens is 1. The van der Waals surface area contributed by atoms with E-state index in [2.05, 4.69) is 15.9 Å². The molecule has 1 N–H and O–H groups in total. The number of methoxy groups -OCH3 is 1. The highest BCUT2D eigenvalue weighted by Crippen LogP contribution is 2.43. The molecule has 7 heteroatoms. The Hall–Kier alpha value is -3.58. The van der Waals surface area contributed by atoms with E-state index in [-0.39, 0.29) is 11.3 Å². The minimum absolute atomic E-state index is 0.0214. The normalized spacial score (nSPS) is 17.1. The van der Waals surface area contributed by atoms with E-state index in [0.29, 0.717) is 39.4 Å². The zero-order valence-electron chi connectivity index (χ0n) is 18.8. The van der Waals surface area contributed by atoms with Crippen molar-refractivity contribution in [2.24, 2.45) is 0 Å². The molecule has 1 unspecified atom stereocenters. The van der Waals surface area contributed by atoms with Crippen LogP contribution in [0.3, 0.4) is 0 Å². The summed E-state index contributed by atoms with van der Waals surface area (Å²) in [6.07, 6.45) is 0.843. The molecule has 1 saturated heterocycles. The quantitative estimate of drug-likeness (QED) is 0.239. The molecule has 0 radical (unpaired) electrons. The first-order valence-electron chi connectivity index (χ1n) is 10.9. The number of ketones is 1. The first-order chi connectivity index (χ1) is 16.5. The number of amides is 1. The fourth-order valence-corrected chi connectivity index (χ4v) is 4.50. The molecule has 1 fully saturated rings. The van der Waals surface area contributed by atoms with Crippen molar-refractivity contribution >= 4 is 39.1 Å². The second-order valence-electron chi connectivity index (χ2n) is 7.77. The number of hydrogen-bond donors (Lipinski definition) is 1. The first kappa shape index (κ1) is 23.6. The van der Waals surface area contributed by atoms with Crippen molar-refractivity contribution in [1.29, 1.82) is 0 Å². The van der Waals surface area contributed by atoms with Crippen molar-refractivity contribution in [1.82, 2.24) is 0 Å². The van der Waals surface area contributed by atoms with Crippen LogP contribution in [0, 0.1) is 0 Å². The molecule has 6 nitrogen and oxygen atoms in total. The van der Waals surface area contributed by atoms with Gasteiger partial charge in [-0.1, -0.05) is 43.3 Å². The van der Waals surface area contributed by atoms with Crippen molar-refractivity contribution in [3.8, 4) is 11.5 Å². The van der Waals surface area contributed by atoms with Crippen LogP contribution in [0.2, 0.25) is 0 Å². The lowest BCUT2D eigenvalue weighted by molar-refractivity contribution is -0.132. The molecular formula is C27H24BrNO5. The maximum Gasteiger partial charge on any atom is 0.300 e. The maximum absolute atomic E-state index is 13.3. The Bertz CT molecular complexity index is 1250. The molecule has 0 aliphatic carbocycles. The zero-order valence-corrected chi connectivity index (χ0v) is 20.4. The topological polar surface area (TPSA) is 76.1 Å². The first-order valence-corrected chi connectivity index (χ1v) is 11.7. The van der Waals surface area contributed by atoms with Crippen molar-refractivity contribution in [3.05, 3.63) is 94.0 Å². The van der Waals surface area contributed by atoms with Gasteiger partial charge in [-0.15, -0.1) is 0 Å². The standard InChI is InChI=1S/C27H24BrNO5/c1-3-14-34-20-11-7-10-19(16-20)29-24(17-8-5-4-6-9-17)23(26(31)27(29)32)25(30)18-12-13-22(33-2)21(28)15-18/h4-13,15-16,24,30H,3,14H2,1-2H3/b25-23+. The van der Waals surface area contributed by atoms with Crippen LogP contribution in [0.1, 0.15) is 30.5 Å². The van der Waals surface area contributed by atoms with Gasteiger partial charge in [0, 0.05) is 17.3 Å². The Kier molecular flexibility index (Phi) is 7.03. The van der Waals surface area contributed by atoms with Crippen molar-refractivity contribution in [2.45, 2.75) is 19.4 Å². The van der Waals surface area contributed by atoms with E-state index in [9.17, 15) is 14.7 Å². The predicted octanol–water partition coefficient (Wildman–Crippen LogP) is 5.87. The monoisotopic (exact) mass is 521 g/mol. The van der Waals surface area contributed by atoms with Gasteiger partial charge in [0.2, 0.25) is 0 Å². The van der Waals surface area contributed by atoms with Gasteiger partial charge < -0.3 is 14.6 Å². The summed E-state index contributed by atoms with van der Waals surface area (Å²) in [6, 6.07) is 20.4. The van der Waals surface area contributed by atoms with Crippen LogP contribution in [-0.4, -0.2) is 30.5 Å². The molecule has 1 atom stereocenters. The van der Waals surface area contributed by atoms with Crippen LogP contribution in [-0.2, 0) is 9.59 Å². The number of Topliss-reactive ketones (excluding diaryl/α,β-unsaturated/α-hetero) is 1. The Morgan fingerprint density at radius 1 is 1.03 bits per heavy atom. The van der Waals surface area contributed by atoms with Gasteiger partial charge in [0.25, 0.3) is 11.7 Å². The third kappa shape index (κ3) is 4.43. The number of aliphatic hydroxyl groups is 1. The van der Waals surface area contributed by atoms with E-state index in [0.717, 1.165) is 6.42 Å². The Morgan fingerprint density at radius 3 is 2.47 bits per heavy atom. The summed E-state index contributed by atoms with van der Waals surface area (Å²) in [6.45, 7) is 2.55. The number of carbonyl (C=O) groups is 2. The van der Waals surface area contributed by atoms with E-state index >= 15 is 0 Å². The third-order valence-corrected chi connectivity index (χ3v) is 6.17. The van der Waals surface area contributed by atoms with Gasteiger partial charge in [0.1, 0.15) is 17.3 Å². The van der Waals surface area contributed by atoms with E-state index in [1.807, 2.05) is 43.3 Å². The molecule has 3 aromatic carbocycles. The fourth-order valence-electron chi connectivity index (χ4n) is 3.96. The number of nitrogens with zero attached hydrogens (tertiary/aromatic N) is 1. The van der Waals surface area contributed by atoms with Crippen molar-refractivity contribution in [3.63, 3.8) is 0 Å². The Morgan fingerprint density at radius 2 is 1.79 bits per heavy atom. The van der Waals surface area contributed by atoms with Crippen molar-refractivity contribution in [2.75, 3.05) is 18.6 Å². The molecule has 3 aromatic rings. The number of anilines is 1. The average Bonchev–Trinajstić information content (AvgIpc) is 3.13. The number of ether oxygens (including phenoxy) is 2. The minimum Gasteiger partial charge on any atom is -0.507 e. The van der Waals surface area contributed by atoms with E-state index < -0.39 is 17.7 Å². The number of hydrogen-bond acceptors (Lipinski definition) is 5. The van der Waals surface area contributed by atoms with Gasteiger partial charge in [0.05, 0.1) is 29.8 Å². The highest BCUT2D eigenvalue weighted by Gasteiger charge is 2.47. The number of benzene rings is 3. The molecule has 0 saturated carbocycles. The average molecular weight is 522 g/mol. The maximum atomic E-state index is 13.3. The molecule has 4 rings (SSSR count). The van der Waals surface area contributed by atoms with Gasteiger partial charge in [-0.3, -0.25) is 14.5 Å². The summed E-state index contributed by atoms with van der Waals surface area (Å²) in [5, 5.41) is 11.3. The predicted molar refractivity (Wildman–Crippen MR) is 134 cm³/mol. The second-order valence-corrected chi connectivity index (χ2v) is 8.63. The Labute approximate surface area is 206 Å². The molecule has 0 aromatic heterocycles. The summed E-state index contributed by atoms with van der Waals surface area (Å²) >= 11 is 3.41. The molecule has 1 aliphatic heterocycles. The van der Waals surface area contributed by atoms with Gasteiger partial charge in [-0.2, -0.15) is 0 Å². The molecule has 0 spiro atoms. The highest BCUT2D eigenvalue weighted by molar-refractivity contribution is 9.10. The van der Waals surface area contributed by atoms with Crippen molar-refractivity contribution < 1.29 is 24.2 Å². The summed E-state index contributed by atoms with van der Waals surface area (Å²) < 4.78 is 11.6. The van der Waals surface area contributed by atoms with E-state index in [1.54, 1.807) is 43.5 Å². The summed E-state index contributed by atoms with van der Waals surface area (Å²) in [5.41, 5.74) is 1.63. The van der Waals surface area contributed by atoms with Crippen LogP contribution in [0.15, 0.2) is 82.8 Å². The molecule has 1 amide bonds. The minimum atomic E-state index is -0.802. The lowest BCUT2D eigenvalue weighted by atomic mass is 9.95. The van der Waals surface area contributed by atoms with E-state index in [1.165, 1.54) is 4.90 Å². The van der Waals surface area contributed by atoms with Crippen LogP contribution in [0.25, 0.3) is 5.76 Å². The van der Waals surface area contributed by atoms with Crippen LogP contribution >= 0.6 is 15.9 Å². The van der Waals surface area contributed by atoms with Crippen LogP contribution in [0.4, 0.5) is 5.69 Å². The van der Waals surface area contributed by atoms with Gasteiger partial charge >= 0.3 is 0 Å². The van der Waals surface area contributed by atoms with Crippen LogP contribution in [0.5, 0.6) is 11.5 Å². The smallest absolute Gasteiger partial charge is 0.300 e. The SMILES string of the molecule is CCCOc1cccc(N2C(=O)C(=O)/C(=C(/O)c3ccc(OC)c(Br)c3)C2c2ccccc2)c1. The highest BCUT2D eigenvalue weighted by atomic mass is 79.9. The summed E-state index contributed by atoms with van der Waals surface area (Å²) in [4.78, 5) is 28.0. The molecule has 1 aliphatic rings. The third-order valence-electron chi connectivity index (χ3n) is 5.55. The second kappa shape index (κ2) is 10.1. The molecular weight excluding hydrogens is 498 g/mol. The molecule has 1 heterocycles.